The summed E-state index contributed by atoms with van der Waals surface area (Å²) >= 11 is 0. The van der Waals surface area contributed by atoms with Crippen molar-refractivity contribution in [3.8, 4) is 0 Å². The number of aromatic nitrogens is 1. The predicted molar refractivity (Wildman–Crippen MR) is 69.6 cm³/mol. The zero-order valence-corrected chi connectivity index (χ0v) is 11.3. The van der Waals surface area contributed by atoms with E-state index in [2.05, 4.69) is 10.5 Å². The number of hydrogen-bond acceptors (Lipinski definition) is 5. The molecule has 2 rings (SSSR count). The molecule has 2 aromatic rings. The van der Waals surface area contributed by atoms with Crippen LogP contribution in [0.3, 0.4) is 0 Å². The van der Waals surface area contributed by atoms with Crippen molar-refractivity contribution in [1.29, 1.82) is 0 Å². The highest BCUT2D eigenvalue weighted by atomic mass is 16.5. The molecular weight excluding hydrogens is 246 g/mol. The summed E-state index contributed by atoms with van der Waals surface area (Å²) in [5, 5.41) is 6.37. The highest BCUT2D eigenvalue weighted by molar-refractivity contribution is 5.91. The van der Waals surface area contributed by atoms with Gasteiger partial charge in [0.25, 0.3) is 0 Å². The van der Waals surface area contributed by atoms with E-state index < -0.39 is 0 Å². The fraction of sp³-hybridized carbons (Fsp3) is 0.385. The van der Waals surface area contributed by atoms with E-state index in [0.717, 1.165) is 11.5 Å². The van der Waals surface area contributed by atoms with Crippen molar-refractivity contribution in [3.05, 3.63) is 35.5 Å². The zero-order chi connectivity index (χ0) is 13.8. The molecule has 0 bridgehead atoms. The number of aryl methyl sites for hydroxylation is 2. The van der Waals surface area contributed by atoms with Crippen LogP contribution in [0.5, 0.6) is 0 Å². The molecule has 0 atom stereocenters. The van der Waals surface area contributed by atoms with Gasteiger partial charge in [-0.05, 0) is 33.0 Å². The zero-order valence-electron chi connectivity index (χ0n) is 11.3. The van der Waals surface area contributed by atoms with Gasteiger partial charge in [-0.25, -0.2) is 0 Å². The molecule has 0 fully saturated rings. The average Bonchev–Trinajstić information content (AvgIpc) is 2.87. The van der Waals surface area contributed by atoms with Crippen molar-refractivity contribution in [3.63, 3.8) is 0 Å². The van der Waals surface area contributed by atoms with E-state index in [9.17, 15) is 4.79 Å². The number of furan rings is 1. The Labute approximate surface area is 111 Å². The quantitative estimate of drug-likeness (QED) is 0.892. The monoisotopic (exact) mass is 263 g/mol. The Morgan fingerprint density at radius 1 is 1.37 bits per heavy atom. The Morgan fingerprint density at radius 3 is 2.74 bits per heavy atom. The van der Waals surface area contributed by atoms with Crippen LogP contribution in [0, 0.1) is 13.8 Å². The van der Waals surface area contributed by atoms with Gasteiger partial charge in [-0.2, -0.15) is 0 Å². The third kappa shape index (κ3) is 3.96. The second kappa shape index (κ2) is 5.71. The van der Waals surface area contributed by atoms with E-state index in [1.165, 1.54) is 0 Å². The standard InChI is InChI=1S/C13H17N3O3/c1-9-4-5-11(18-9)7-16(3)8-13(17)14-12-6-10(2)19-15-12/h4-6H,7-8H2,1-3H3,(H,14,15,17). The van der Waals surface area contributed by atoms with Gasteiger partial charge >= 0.3 is 0 Å². The second-order valence-electron chi connectivity index (χ2n) is 4.56. The fourth-order valence-corrected chi connectivity index (χ4v) is 1.74. The lowest BCUT2D eigenvalue weighted by atomic mass is 10.4. The van der Waals surface area contributed by atoms with Crippen LogP contribution in [-0.2, 0) is 11.3 Å². The molecule has 0 radical (unpaired) electrons. The lowest BCUT2D eigenvalue weighted by Gasteiger charge is -2.13. The van der Waals surface area contributed by atoms with Crippen LogP contribution < -0.4 is 5.32 Å². The molecule has 0 saturated carbocycles. The molecule has 0 aliphatic heterocycles. The van der Waals surface area contributed by atoms with Crippen molar-refractivity contribution >= 4 is 11.7 Å². The largest absolute Gasteiger partial charge is 0.465 e. The van der Waals surface area contributed by atoms with Gasteiger partial charge in [0, 0.05) is 6.07 Å². The number of carbonyl (C=O) groups is 1. The molecule has 6 heteroatoms. The normalized spacial score (nSPS) is 10.9. The lowest BCUT2D eigenvalue weighted by molar-refractivity contribution is -0.117. The molecule has 0 aliphatic carbocycles. The maximum atomic E-state index is 11.8. The molecule has 19 heavy (non-hydrogen) atoms. The van der Waals surface area contributed by atoms with Gasteiger partial charge in [-0.3, -0.25) is 9.69 Å². The van der Waals surface area contributed by atoms with Crippen molar-refractivity contribution in [1.82, 2.24) is 10.1 Å². The lowest BCUT2D eigenvalue weighted by Crippen LogP contribution is -2.29. The van der Waals surface area contributed by atoms with E-state index in [-0.39, 0.29) is 12.5 Å². The van der Waals surface area contributed by atoms with Crippen molar-refractivity contribution in [2.24, 2.45) is 0 Å². The Bertz CT molecular complexity index is 559. The first-order chi connectivity index (χ1) is 9.02. The summed E-state index contributed by atoms with van der Waals surface area (Å²) in [7, 11) is 1.85. The van der Waals surface area contributed by atoms with Crippen molar-refractivity contribution < 1.29 is 13.7 Å². The van der Waals surface area contributed by atoms with Crippen LogP contribution in [0.1, 0.15) is 17.3 Å². The van der Waals surface area contributed by atoms with Crippen LogP contribution in [0.15, 0.2) is 27.1 Å². The maximum absolute atomic E-state index is 11.8. The van der Waals surface area contributed by atoms with Gasteiger partial charge in [0.2, 0.25) is 5.91 Å². The maximum Gasteiger partial charge on any atom is 0.239 e. The molecule has 102 valence electrons. The number of nitrogens with one attached hydrogen (secondary N) is 1. The number of amides is 1. The minimum Gasteiger partial charge on any atom is -0.465 e. The van der Waals surface area contributed by atoms with Crippen LogP contribution in [0.25, 0.3) is 0 Å². The van der Waals surface area contributed by atoms with Crippen molar-refractivity contribution in [2.45, 2.75) is 20.4 Å². The van der Waals surface area contributed by atoms with E-state index >= 15 is 0 Å². The third-order valence-corrected chi connectivity index (χ3v) is 2.53. The summed E-state index contributed by atoms with van der Waals surface area (Å²) in [5.41, 5.74) is 0. The van der Waals surface area contributed by atoms with E-state index in [1.807, 2.05) is 31.0 Å². The minimum atomic E-state index is -0.140. The van der Waals surface area contributed by atoms with Gasteiger partial charge in [-0.15, -0.1) is 0 Å². The Balaban J connectivity index is 1.81. The molecule has 0 unspecified atom stereocenters. The first-order valence-corrected chi connectivity index (χ1v) is 6.00. The first kappa shape index (κ1) is 13.4. The topological polar surface area (TPSA) is 71.5 Å². The van der Waals surface area contributed by atoms with E-state index in [0.29, 0.717) is 18.1 Å². The number of nitrogens with zero attached hydrogens (tertiary/aromatic N) is 2. The molecule has 1 N–H and O–H groups in total. The highest BCUT2D eigenvalue weighted by Gasteiger charge is 2.11. The molecule has 1 amide bonds. The summed E-state index contributed by atoms with van der Waals surface area (Å²) in [4.78, 5) is 13.6. The first-order valence-electron chi connectivity index (χ1n) is 6.00. The fourth-order valence-electron chi connectivity index (χ4n) is 1.74. The molecular formula is C13H17N3O3. The Morgan fingerprint density at radius 2 is 2.16 bits per heavy atom. The summed E-state index contributed by atoms with van der Waals surface area (Å²) < 4.78 is 10.3. The number of carbonyl (C=O) groups excluding carboxylic acids is 1. The average molecular weight is 263 g/mol. The van der Waals surface area contributed by atoms with E-state index in [1.54, 1.807) is 13.0 Å². The van der Waals surface area contributed by atoms with Gasteiger partial charge in [0.05, 0.1) is 13.1 Å². The van der Waals surface area contributed by atoms with Gasteiger partial charge in [0.15, 0.2) is 5.82 Å². The van der Waals surface area contributed by atoms with Gasteiger partial charge in [-0.1, -0.05) is 5.16 Å². The molecule has 2 heterocycles. The molecule has 2 aromatic heterocycles. The van der Waals surface area contributed by atoms with Crippen LogP contribution in [0.2, 0.25) is 0 Å². The summed E-state index contributed by atoms with van der Waals surface area (Å²) in [5.74, 6) is 2.66. The molecule has 0 aromatic carbocycles. The third-order valence-electron chi connectivity index (χ3n) is 2.53. The van der Waals surface area contributed by atoms with Crippen LogP contribution >= 0.6 is 0 Å². The van der Waals surface area contributed by atoms with Crippen LogP contribution in [-0.4, -0.2) is 29.6 Å². The second-order valence-corrected chi connectivity index (χ2v) is 4.56. The SMILES string of the molecule is Cc1cc(NC(=O)CN(C)Cc2ccc(C)o2)no1. The molecule has 0 spiro atoms. The number of likely N-dealkylation sites (N-methyl/N-ethyl adjacent to an activating group) is 1. The van der Waals surface area contributed by atoms with E-state index in [4.69, 9.17) is 8.94 Å². The summed E-state index contributed by atoms with van der Waals surface area (Å²) in [6.45, 7) is 4.50. The van der Waals surface area contributed by atoms with Crippen molar-refractivity contribution in [2.75, 3.05) is 18.9 Å². The Hall–Kier alpha value is -2.08. The van der Waals surface area contributed by atoms with Gasteiger partial charge in [0.1, 0.15) is 17.3 Å². The number of anilines is 1. The molecule has 6 nitrogen and oxygen atoms in total. The summed E-state index contributed by atoms with van der Waals surface area (Å²) in [6.07, 6.45) is 0. The van der Waals surface area contributed by atoms with Crippen LogP contribution in [0.4, 0.5) is 5.82 Å². The van der Waals surface area contributed by atoms with Gasteiger partial charge < -0.3 is 14.3 Å². The number of rotatable bonds is 5. The molecule has 0 saturated heterocycles. The smallest absolute Gasteiger partial charge is 0.239 e. The molecule has 0 aliphatic rings. The minimum absolute atomic E-state index is 0.140. The summed E-state index contributed by atoms with van der Waals surface area (Å²) in [6, 6.07) is 5.49. The highest BCUT2D eigenvalue weighted by Crippen LogP contribution is 2.09. The predicted octanol–water partition coefficient (Wildman–Crippen LogP) is 1.95. The number of hydrogen-bond donors (Lipinski definition) is 1. The Kier molecular flexibility index (Phi) is 4.01.